The predicted octanol–water partition coefficient (Wildman–Crippen LogP) is 3.11. The molecule has 1 N–H and O–H groups in total. The first-order valence-corrected chi connectivity index (χ1v) is 7.47. The summed E-state index contributed by atoms with van der Waals surface area (Å²) in [7, 11) is 0.805. The van der Waals surface area contributed by atoms with Crippen LogP contribution in [0.4, 0.5) is 13.2 Å². The number of rotatable bonds is 5. The van der Waals surface area contributed by atoms with Gasteiger partial charge in [-0.25, -0.2) is 4.79 Å². The number of alkyl halides is 3. The Morgan fingerprint density at radius 2 is 1.92 bits per heavy atom. The Hall–Kier alpha value is -1.86. The average molecular weight is 344 g/mol. The Morgan fingerprint density at radius 1 is 1.25 bits per heavy atom. The van der Waals surface area contributed by atoms with Gasteiger partial charge in [-0.2, -0.15) is 13.2 Å². The van der Waals surface area contributed by atoms with Crippen molar-refractivity contribution < 1.29 is 32.5 Å². The molecule has 0 heterocycles. The fourth-order valence-corrected chi connectivity index (χ4v) is 2.69. The van der Waals surface area contributed by atoms with Crippen LogP contribution in [0.2, 0.25) is 0 Å². The molecule has 0 spiro atoms. The minimum Gasteiger partial charge on any atom is -0.460 e. The lowest BCUT2D eigenvalue weighted by molar-refractivity contribution is -0.278. The van der Waals surface area contributed by atoms with E-state index in [1.54, 1.807) is 6.08 Å². The van der Waals surface area contributed by atoms with E-state index in [1.165, 1.54) is 18.2 Å². The zero-order chi connectivity index (χ0) is 17.8. The highest BCUT2D eigenvalue weighted by atomic mass is 19.4. The van der Waals surface area contributed by atoms with Crippen molar-refractivity contribution in [3.8, 4) is 0 Å². The summed E-state index contributed by atoms with van der Waals surface area (Å²) in [6, 6.07) is 6.58. The number of benzene rings is 1. The summed E-state index contributed by atoms with van der Waals surface area (Å²) in [6.07, 6.45) is -0.347. The first-order chi connectivity index (χ1) is 11.3. The molecule has 4 nitrogen and oxygen atoms in total. The van der Waals surface area contributed by atoms with E-state index in [4.69, 9.17) is 4.74 Å². The van der Waals surface area contributed by atoms with E-state index in [9.17, 15) is 23.1 Å². The molecule has 24 heavy (non-hydrogen) atoms. The number of hydrogen-bond donors (Lipinski definition) is 1. The van der Waals surface area contributed by atoms with Gasteiger partial charge < -0.3 is 14.6 Å². The van der Waals surface area contributed by atoms with Gasteiger partial charge in [-0.3, -0.25) is 0 Å². The number of ether oxygens (including phenoxy) is 2. The molecule has 7 heteroatoms. The summed E-state index contributed by atoms with van der Waals surface area (Å²) in [6.45, 7) is -0.524. The molecule has 1 aliphatic rings. The van der Waals surface area contributed by atoms with Gasteiger partial charge in [0, 0.05) is 12.7 Å². The second kappa shape index (κ2) is 6.94. The predicted molar refractivity (Wildman–Crippen MR) is 80.1 cm³/mol. The number of hydrogen-bond acceptors (Lipinski definition) is 4. The van der Waals surface area contributed by atoms with Gasteiger partial charge in [0.2, 0.25) is 0 Å². The maximum absolute atomic E-state index is 13.7. The van der Waals surface area contributed by atoms with Crippen LogP contribution < -0.4 is 0 Å². The SMILES string of the molecule is CO[C@@](C(=O)OCC1(O)CC=CCC1)(c1ccccc1)C(F)(F)F. The highest BCUT2D eigenvalue weighted by Crippen LogP contribution is 2.43. The molecule has 1 aliphatic carbocycles. The zero-order valence-corrected chi connectivity index (χ0v) is 13.2. The fourth-order valence-electron chi connectivity index (χ4n) is 2.69. The Morgan fingerprint density at radius 3 is 2.42 bits per heavy atom. The molecule has 0 aliphatic heterocycles. The van der Waals surface area contributed by atoms with Crippen LogP contribution in [0.3, 0.4) is 0 Å². The lowest BCUT2D eigenvalue weighted by Crippen LogP contribution is -2.52. The monoisotopic (exact) mass is 344 g/mol. The first kappa shape index (κ1) is 18.5. The molecule has 0 amide bonds. The molecular formula is C17H19F3O4. The van der Waals surface area contributed by atoms with E-state index in [0.29, 0.717) is 12.8 Å². The van der Waals surface area contributed by atoms with Gasteiger partial charge >= 0.3 is 12.1 Å². The van der Waals surface area contributed by atoms with Crippen molar-refractivity contribution in [2.24, 2.45) is 0 Å². The first-order valence-electron chi connectivity index (χ1n) is 7.47. The van der Waals surface area contributed by atoms with E-state index in [0.717, 1.165) is 19.2 Å². The van der Waals surface area contributed by atoms with Gasteiger partial charge in [0.05, 0.1) is 0 Å². The highest BCUT2D eigenvalue weighted by molar-refractivity contribution is 5.82. The number of esters is 1. The number of carbonyl (C=O) groups excluding carboxylic acids is 1. The van der Waals surface area contributed by atoms with Crippen LogP contribution in [0.5, 0.6) is 0 Å². The Labute approximate surface area is 137 Å². The quantitative estimate of drug-likeness (QED) is 0.659. The van der Waals surface area contributed by atoms with Crippen molar-refractivity contribution in [2.75, 3.05) is 13.7 Å². The maximum Gasteiger partial charge on any atom is 0.432 e. The summed E-state index contributed by atoms with van der Waals surface area (Å²) in [5.74, 6) is -1.59. The van der Waals surface area contributed by atoms with E-state index < -0.39 is 30.0 Å². The average Bonchev–Trinajstić information content (AvgIpc) is 2.55. The number of methoxy groups -OCH3 is 1. The number of allylic oxidation sites excluding steroid dienone is 1. The minimum absolute atomic E-state index is 0.220. The van der Waals surface area contributed by atoms with E-state index in [-0.39, 0.29) is 12.0 Å². The molecule has 0 fully saturated rings. The van der Waals surface area contributed by atoms with Crippen molar-refractivity contribution in [1.82, 2.24) is 0 Å². The summed E-state index contributed by atoms with van der Waals surface area (Å²) in [4.78, 5) is 12.3. The second-order valence-electron chi connectivity index (χ2n) is 5.76. The Balaban J connectivity index is 2.27. The number of aliphatic hydroxyl groups is 1. The van der Waals surface area contributed by atoms with Gasteiger partial charge in [0.25, 0.3) is 5.60 Å². The van der Waals surface area contributed by atoms with Crippen molar-refractivity contribution >= 4 is 5.97 Å². The smallest absolute Gasteiger partial charge is 0.432 e. The van der Waals surface area contributed by atoms with E-state index in [2.05, 4.69) is 4.74 Å². The molecule has 0 saturated carbocycles. The van der Waals surface area contributed by atoms with Crippen LogP contribution >= 0.6 is 0 Å². The lowest BCUT2D eigenvalue weighted by atomic mass is 9.89. The van der Waals surface area contributed by atoms with Crippen molar-refractivity contribution in [3.05, 3.63) is 48.0 Å². The van der Waals surface area contributed by atoms with Crippen LogP contribution in [0.25, 0.3) is 0 Å². The van der Waals surface area contributed by atoms with Crippen LogP contribution in [-0.4, -0.2) is 36.6 Å². The van der Waals surface area contributed by atoms with Gasteiger partial charge in [0.1, 0.15) is 12.2 Å². The third-order valence-corrected chi connectivity index (χ3v) is 4.09. The third-order valence-electron chi connectivity index (χ3n) is 4.09. The molecule has 2 atom stereocenters. The molecule has 1 unspecified atom stereocenters. The number of carbonyl (C=O) groups is 1. The molecule has 0 saturated heterocycles. The lowest BCUT2D eigenvalue weighted by Gasteiger charge is -2.34. The van der Waals surface area contributed by atoms with Crippen LogP contribution in [0, 0.1) is 0 Å². The van der Waals surface area contributed by atoms with Crippen molar-refractivity contribution in [3.63, 3.8) is 0 Å². The van der Waals surface area contributed by atoms with Crippen LogP contribution in [0.1, 0.15) is 24.8 Å². The molecule has 132 valence electrons. The molecule has 0 bridgehead atoms. The zero-order valence-electron chi connectivity index (χ0n) is 13.2. The van der Waals surface area contributed by atoms with Crippen molar-refractivity contribution in [1.29, 1.82) is 0 Å². The molecular weight excluding hydrogens is 325 g/mol. The third kappa shape index (κ3) is 3.47. The van der Waals surface area contributed by atoms with Gasteiger partial charge in [-0.15, -0.1) is 0 Å². The topological polar surface area (TPSA) is 55.8 Å². The molecule has 1 aromatic carbocycles. The maximum atomic E-state index is 13.7. The van der Waals surface area contributed by atoms with E-state index in [1.807, 2.05) is 6.08 Å². The summed E-state index contributed by atoms with van der Waals surface area (Å²) in [5.41, 5.74) is -4.96. The minimum atomic E-state index is -5.02. The molecule has 1 aromatic rings. The second-order valence-corrected chi connectivity index (χ2v) is 5.76. The Kier molecular flexibility index (Phi) is 5.35. The normalized spacial score (nSPS) is 23.5. The molecule has 0 radical (unpaired) electrons. The highest BCUT2D eigenvalue weighted by Gasteiger charge is 2.64. The Bertz CT molecular complexity index is 600. The van der Waals surface area contributed by atoms with Gasteiger partial charge in [-0.05, 0) is 19.3 Å². The summed E-state index contributed by atoms with van der Waals surface area (Å²) < 4.78 is 50.5. The largest absolute Gasteiger partial charge is 0.460 e. The molecule has 2 rings (SSSR count). The van der Waals surface area contributed by atoms with E-state index >= 15 is 0 Å². The van der Waals surface area contributed by atoms with Crippen LogP contribution in [-0.2, 0) is 19.9 Å². The molecule has 0 aromatic heterocycles. The number of halogens is 3. The summed E-state index contributed by atoms with van der Waals surface area (Å²) >= 11 is 0. The summed E-state index contributed by atoms with van der Waals surface area (Å²) in [5, 5.41) is 10.3. The fraction of sp³-hybridized carbons (Fsp3) is 0.471. The van der Waals surface area contributed by atoms with Crippen molar-refractivity contribution in [2.45, 2.75) is 36.6 Å². The van der Waals surface area contributed by atoms with Gasteiger partial charge in [0.15, 0.2) is 0 Å². The van der Waals surface area contributed by atoms with Crippen LogP contribution in [0.15, 0.2) is 42.5 Å². The standard InChI is InChI=1S/C17H19F3O4/c1-23-16(17(18,19)20,13-8-4-2-5-9-13)14(21)24-12-15(22)10-6-3-7-11-15/h2-6,8-9,22H,7,10-12H2,1H3/t15?,16-/m1/s1. The van der Waals surface area contributed by atoms with Gasteiger partial charge in [-0.1, -0.05) is 42.5 Å².